The van der Waals surface area contributed by atoms with Crippen LogP contribution in [0.2, 0.25) is 0 Å². The van der Waals surface area contributed by atoms with E-state index < -0.39 is 11.9 Å². The van der Waals surface area contributed by atoms with Crippen LogP contribution in [0.5, 0.6) is 5.75 Å². The van der Waals surface area contributed by atoms with Crippen molar-refractivity contribution in [2.24, 2.45) is 5.92 Å². The summed E-state index contributed by atoms with van der Waals surface area (Å²) in [5.41, 5.74) is 2.01. The van der Waals surface area contributed by atoms with Crippen LogP contribution in [-0.2, 0) is 4.79 Å². The van der Waals surface area contributed by atoms with Gasteiger partial charge >= 0.3 is 5.97 Å². The number of rotatable bonds is 6. The molecule has 0 fully saturated rings. The summed E-state index contributed by atoms with van der Waals surface area (Å²) >= 11 is 1.40. The molecule has 0 bridgehead atoms. The number of benzene rings is 1. The van der Waals surface area contributed by atoms with Gasteiger partial charge in [-0.2, -0.15) is 0 Å². The molecule has 5 nitrogen and oxygen atoms in total. The Morgan fingerprint density at radius 1 is 1.30 bits per heavy atom. The van der Waals surface area contributed by atoms with Gasteiger partial charge in [-0.1, -0.05) is 19.1 Å². The van der Waals surface area contributed by atoms with E-state index in [-0.39, 0.29) is 12.5 Å². The second kappa shape index (κ2) is 7.28. The highest BCUT2D eigenvalue weighted by molar-refractivity contribution is 7.14. The molecule has 1 aromatic heterocycles. The normalized spacial score (nSPS) is 11.8. The molecule has 1 heterocycles. The summed E-state index contributed by atoms with van der Waals surface area (Å²) in [6.45, 7) is 3.63. The van der Waals surface area contributed by atoms with E-state index in [0.29, 0.717) is 4.88 Å². The van der Waals surface area contributed by atoms with Crippen molar-refractivity contribution in [2.75, 3.05) is 13.7 Å². The van der Waals surface area contributed by atoms with Crippen molar-refractivity contribution < 1.29 is 19.4 Å². The van der Waals surface area contributed by atoms with Crippen LogP contribution >= 0.6 is 11.3 Å². The molecule has 1 atom stereocenters. The number of methoxy groups -OCH3 is 1. The zero-order valence-corrected chi connectivity index (χ0v) is 14.1. The topological polar surface area (TPSA) is 75.6 Å². The Labute approximate surface area is 138 Å². The maximum atomic E-state index is 12.2. The lowest BCUT2D eigenvalue weighted by Gasteiger charge is -2.06. The fourth-order valence-corrected chi connectivity index (χ4v) is 3.03. The molecule has 2 N–H and O–H groups in total. The summed E-state index contributed by atoms with van der Waals surface area (Å²) in [5.74, 6) is -0.999. The molecule has 0 aliphatic heterocycles. The van der Waals surface area contributed by atoms with E-state index in [2.05, 4.69) is 5.32 Å². The van der Waals surface area contributed by atoms with Crippen LogP contribution in [0, 0.1) is 12.8 Å². The monoisotopic (exact) mass is 333 g/mol. The van der Waals surface area contributed by atoms with Crippen LogP contribution in [0.1, 0.15) is 21.5 Å². The van der Waals surface area contributed by atoms with E-state index in [1.807, 2.05) is 37.3 Å². The number of thiophene rings is 1. The number of aliphatic carboxylic acids is 1. The number of ether oxygens (including phenoxy) is 1. The van der Waals surface area contributed by atoms with Crippen molar-refractivity contribution in [3.63, 3.8) is 0 Å². The van der Waals surface area contributed by atoms with Gasteiger partial charge in [0.15, 0.2) is 0 Å². The number of carbonyl (C=O) groups is 2. The van der Waals surface area contributed by atoms with Crippen molar-refractivity contribution in [1.82, 2.24) is 5.32 Å². The van der Waals surface area contributed by atoms with Crippen LogP contribution in [0.25, 0.3) is 11.1 Å². The van der Waals surface area contributed by atoms with Crippen LogP contribution in [-0.4, -0.2) is 30.6 Å². The number of carbonyl (C=O) groups excluding carboxylic acids is 1. The van der Waals surface area contributed by atoms with Crippen molar-refractivity contribution in [1.29, 1.82) is 0 Å². The van der Waals surface area contributed by atoms with E-state index >= 15 is 0 Å². The Kier molecular flexibility index (Phi) is 5.39. The van der Waals surface area contributed by atoms with Gasteiger partial charge < -0.3 is 15.2 Å². The summed E-state index contributed by atoms with van der Waals surface area (Å²) < 4.78 is 5.14. The Morgan fingerprint density at radius 3 is 2.52 bits per heavy atom. The smallest absolute Gasteiger partial charge is 0.308 e. The molecule has 2 rings (SSSR count). The van der Waals surface area contributed by atoms with E-state index in [9.17, 15) is 9.59 Å². The Bertz CT molecular complexity index is 706. The minimum Gasteiger partial charge on any atom is -0.497 e. The van der Waals surface area contributed by atoms with Crippen LogP contribution < -0.4 is 10.1 Å². The number of carboxylic acids is 1. The SMILES string of the molecule is COc1ccc(-c2cc(C(=O)NCC(C)C(=O)O)sc2C)cc1. The Balaban J connectivity index is 2.13. The van der Waals surface area contributed by atoms with Crippen LogP contribution in [0.15, 0.2) is 30.3 Å². The summed E-state index contributed by atoms with van der Waals surface area (Å²) in [7, 11) is 1.62. The summed E-state index contributed by atoms with van der Waals surface area (Å²) in [6.07, 6.45) is 0. The molecule has 23 heavy (non-hydrogen) atoms. The quantitative estimate of drug-likeness (QED) is 0.851. The van der Waals surface area contributed by atoms with Crippen LogP contribution in [0.3, 0.4) is 0 Å². The first-order valence-corrected chi connectivity index (χ1v) is 8.00. The van der Waals surface area contributed by atoms with Gasteiger partial charge in [0.2, 0.25) is 0 Å². The van der Waals surface area contributed by atoms with Crippen molar-refractivity contribution in [2.45, 2.75) is 13.8 Å². The predicted octanol–water partition coefficient (Wildman–Crippen LogP) is 3.18. The maximum absolute atomic E-state index is 12.2. The molecule has 0 radical (unpaired) electrons. The highest BCUT2D eigenvalue weighted by atomic mass is 32.1. The van der Waals surface area contributed by atoms with Gasteiger partial charge in [-0.25, -0.2) is 0 Å². The molecular formula is C17H19NO4S. The second-order valence-electron chi connectivity index (χ2n) is 5.26. The first-order chi connectivity index (χ1) is 10.9. The highest BCUT2D eigenvalue weighted by Crippen LogP contribution is 2.31. The molecule has 0 saturated carbocycles. The third-order valence-electron chi connectivity index (χ3n) is 3.53. The average Bonchev–Trinajstić information content (AvgIpc) is 2.94. The average molecular weight is 333 g/mol. The third kappa shape index (κ3) is 4.10. The fraction of sp³-hybridized carbons (Fsp3) is 0.294. The number of aryl methyl sites for hydroxylation is 1. The Hall–Kier alpha value is -2.34. The highest BCUT2D eigenvalue weighted by Gasteiger charge is 2.16. The third-order valence-corrected chi connectivity index (χ3v) is 4.58. The molecule has 1 unspecified atom stereocenters. The van der Waals surface area contributed by atoms with Gasteiger partial charge in [-0.15, -0.1) is 11.3 Å². The van der Waals surface area contributed by atoms with E-state index in [1.54, 1.807) is 14.0 Å². The van der Waals surface area contributed by atoms with Crippen molar-refractivity contribution in [3.05, 3.63) is 40.1 Å². The van der Waals surface area contributed by atoms with Crippen molar-refractivity contribution >= 4 is 23.2 Å². The molecule has 1 amide bonds. The minimum absolute atomic E-state index is 0.114. The standard InChI is InChI=1S/C17H19NO4S/c1-10(17(20)21)9-18-16(19)15-8-14(11(2)23-15)12-4-6-13(22-3)7-5-12/h4-8,10H,9H2,1-3H3,(H,18,19)(H,20,21). The predicted molar refractivity (Wildman–Crippen MR) is 90.2 cm³/mol. The van der Waals surface area contributed by atoms with E-state index in [4.69, 9.17) is 9.84 Å². The van der Waals surface area contributed by atoms with Gasteiger partial charge in [0.1, 0.15) is 5.75 Å². The maximum Gasteiger partial charge on any atom is 0.308 e. The molecule has 1 aromatic carbocycles. The molecule has 2 aromatic rings. The Morgan fingerprint density at radius 2 is 1.96 bits per heavy atom. The largest absolute Gasteiger partial charge is 0.497 e. The summed E-state index contributed by atoms with van der Waals surface area (Å²) in [4.78, 5) is 24.5. The molecule has 0 aliphatic carbocycles. The lowest BCUT2D eigenvalue weighted by molar-refractivity contribution is -0.140. The molecule has 122 valence electrons. The molecule has 0 spiro atoms. The first-order valence-electron chi connectivity index (χ1n) is 7.18. The number of carboxylic acid groups (broad SMARTS) is 1. The van der Waals surface area contributed by atoms with Gasteiger partial charge in [0, 0.05) is 11.4 Å². The fourth-order valence-electron chi connectivity index (χ4n) is 2.07. The van der Waals surface area contributed by atoms with E-state index in [0.717, 1.165) is 21.8 Å². The molecule has 0 aliphatic rings. The number of hydrogen-bond donors (Lipinski definition) is 2. The number of amides is 1. The van der Waals surface area contributed by atoms with Crippen LogP contribution in [0.4, 0.5) is 0 Å². The van der Waals surface area contributed by atoms with Crippen molar-refractivity contribution in [3.8, 4) is 16.9 Å². The zero-order valence-electron chi connectivity index (χ0n) is 13.3. The first kappa shape index (κ1) is 17.0. The van der Waals surface area contributed by atoms with Gasteiger partial charge in [0.25, 0.3) is 5.91 Å². The molecule has 6 heteroatoms. The van der Waals surface area contributed by atoms with E-state index in [1.165, 1.54) is 11.3 Å². The molecular weight excluding hydrogens is 314 g/mol. The minimum atomic E-state index is -0.924. The lowest BCUT2D eigenvalue weighted by Crippen LogP contribution is -2.30. The lowest BCUT2D eigenvalue weighted by atomic mass is 10.1. The van der Waals surface area contributed by atoms with Gasteiger partial charge in [-0.3, -0.25) is 9.59 Å². The number of hydrogen-bond acceptors (Lipinski definition) is 4. The zero-order chi connectivity index (χ0) is 17.0. The summed E-state index contributed by atoms with van der Waals surface area (Å²) in [6, 6.07) is 9.48. The number of nitrogens with one attached hydrogen (secondary N) is 1. The van der Waals surface area contributed by atoms with Gasteiger partial charge in [-0.05, 0) is 36.2 Å². The summed E-state index contributed by atoms with van der Waals surface area (Å²) in [5, 5.41) is 11.5. The second-order valence-corrected chi connectivity index (χ2v) is 6.51. The van der Waals surface area contributed by atoms with Gasteiger partial charge in [0.05, 0.1) is 17.9 Å². The molecule has 0 saturated heterocycles.